The molecule has 0 fully saturated rings. The van der Waals surface area contributed by atoms with Gasteiger partial charge in [0.05, 0.1) is 12.2 Å². The van der Waals surface area contributed by atoms with E-state index in [1.54, 1.807) is 63.8 Å². The molecule has 16 rings (SSSR count). The highest BCUT2D eigenvalue weighted by Crippen LogP contribution is 2.31. The number of alkyl halides is 3. The summed E-state index contributed by atoms with van der Waals surface area (Å²) in [6, 6.07) is 68.7. The van der Waals surface area contributed by atoms with Crippen LogP contribution in [0.4, 0.5) is 13.2 Å². The van der Waals surface area contributed by atoms with Crippen LogP contribution in [0.25, 0.3) is 17.1 Å². The van der Waals surface area contributed by atoms with Gasteiger partial charge in [0.2, 0.25) is 0 Å². The molecule has 0 spiro atoms. The van der Waals surface area contributed by atoms with Gasteiger partial charge in [0, 0.05) is 126 Å². The summed E-state index contributed by atoms with van der Waals surface area (Å²) in [5.41, 5.74) is 26.6. The second-order valence-corrected chi connectivity index (χ2v) is 29.4. The molecule has 0 atom stereocenters. The Labute approximate surface area is 686 Å². The molecule has 10 N–H and O–H groups in total. The molecule has 0 unspecified atom stereocenters. The number of hydrogen-bond acceptors (Lipinski definition) is 20. The molecule has 25 nitrogen and oxygen atoms in total. The van der Waals surface area contributed by atoms with E-state index in [0.29, 0.717) is 54.1 Å². The van der Waals surface area contributed by atoms with E-state index in [2.05, 4.69) is 59.1 Å². The maximum absolute atomic E-state index is 12.6. The molecule has 0 aliphatic carbocycles. The molecule has 10 aromatic carbocycles. The first-order valence-corrected chi connectivity index (χ1v) is 39.3. The van der Waals surface area contributed by atoms with Crippen molar-refractivity contribution in [3.05, 3.63) is 336 Å². The van der Waals surface area contributed by atoms with Crippen molar-refractivity contribution in [3.8, 4) is 11.5 Å². The lowest BCUT2D eigenvalue weighted by Crippen LogP contribution is -2.34. The Balaban J connectivity index is 0.000000137. The number of amides is 5. The molecule has 0 saturated heterocycles. The van der Waals surface area contributed by atoms with E-state index in [1.807, 2.05) is 152 Å². The predicted molar refractivity (Wildman–Crippen MR) is 438 cm³/mol. The van der Waals surface area contributed by atoms with Gasteiger partial charge in [-0.1, -0.05) is 127 Å². The summed E-state index contributed by atoms with van der Waals surface area (Å²) in [5, 5.41) is 51.3. The molecule has 1 aromatic heterocycles. The third-order valence-electron chi connectivity index (χ3n) is 21.2. The van der Waals surface area contributed by atoms with Crippen LogP contribution in [-0.2, 0) is 84.1 Å². The predicted octanol–water partition coefficient (Wildman–Crippen LogP) is 13.0. The summed E-state index contributed by atoms with van der Waals surface area (Å²) >= 11 is 0. The molecular weight excluding hydrogens is 1530 g/mol. The van der Waals surface area contributed by atoms with Gasteiger partial charge < -0.3 is 9.47 Å². The first-order valence-electron chi connectivity index (χ1n) is 39.3. The fraction of sp³-hybridized carbons (Fsp3) is 0.264. The van der Waals surface area contributed by atoms with Crippen molar-refractivity contribution in [1.29, 1.82) is 0 Å². The second kappa shape index (κ2) is 42.7. The van der Waals surface area contributed by atoms with Gasteiger partial charge in [-0.25, -0.2) is 32.0 Å². The summed E-state index contributed by atoms with van der Waals surface area (Å²) in [6.45, 7) is 14.2. The molecule has 28 heteroatoms. The monoisotopic (exact) mass is 1620 g/mol. The minimum Gasteiger partial charge on any atom is -0.494 e. The topological polar surface area (TPSA) is 320 Å². The van der Waals surface area contributed by atoms with Gasteiger partial charge in [-0.2, -0.15) is 13.2 Å². The third kappa shape index (κ3) is 24.9. The van der Waals surface area contributed by atoms with Crippen LogP contribution in [0.1, 0.15) is 136 Å². The molecule has 5 aliphatic rings. The molecule has 0 radical (unpaired) electrons. The van der Waals surface area contributed by atoms with Crippen LogP contribution >= 0.6 is 0 Å². The number of fused-ring (bicyclic) bond motifs is 6. The van der Waals surface area contributed by atoms with Crippen molar-refractivity contribution in [2.75, 3.05) is 65.6 Å². The number of halogens is 3. The summed E-state index contributed by atoms with van der Waals surface area (Å²) in [4.78, 5) is 69.0. The molecular formula is C91H95F3N12O13. The quantitative estimate of drug-likeness (QED) is 0.0181. The van der Waals surface area contributed by atoms with E-state index < -0.39 is 41.3 Å². The fourth-order valence-electron chi connectivity index (χ4n) is 14.8. The molecule has 0 bridgehead atoms. The van der Waals surface area contributed by atoms with Crippen LogP contribution in [0.2, 0.25) is 0 Å². The number of nitrogens with one attached hydrogen (secondary N) is 5. The third-order valence-corrected chi connectivity index (χ3v) is 21.2. The van der Waals surface area contributed by atoms with Gasteiger partial charge in [0.1, 0.15) is 29.1 Å². The van der Waals surface area contributed by atoms with Crippen molar-refractivity contribution in [2.24, 2.45) is 0 Å². The largest absolute Gasteiger partial charge is 0.494 e. The zero-order chi connectivity index (χ0) is 83.5. The van der Waals surface area contributed by atoms with Gasteiger partial charge in [-0.3, -0.25) is 74.5 Å². The first-order chi connectivity index (χ1) is 57.9. The van der Waals surface area contributed by atoms with E-state index in [4.69, 9.17) is 40.1 Å². The SMILES string of the molecule is O=C(NO)c1ccc2c(c1)CCN(C/C=C/c1ccccc1)C2.O=C(NO)c1ccc2c(c1)CCN(CCCOc1ccccc1)C2.O=C(NO)c1ccc2c(c1)CCN(CCOc1ccccc1)C2.O=C(NO)c1ccc2c(c1)CCN(Cc1ccc(C(F)(F)F)cc1)C2.O=C(NO)c1ccc2c(c1)CCN(Cc1ccc3nonc3c1)C2. The van der Waals surface area contributed by atoms with Crippen molar-refractivity contribution < 1.29 is 77.3 Å². The Morgan fingerprint density at radius 1 is 0.378 bits per heavy atom. The van der Waals surface area contributed by atoms with E-state index >= 15 is 0 Å². The van der Waals surface area contributed by atoms with Crippen LogP contribution in [-0.4, -0.2) is 156 Å². The van der Waals surface area contributed by atoms with E-state index in [9.17, 15) is 37.1 Å². The number of ether oxygens (including phenoxy) is 2. The van der Waals surface area contributed by atoms with Crippen molar-refractivity contribution in [2.45, 2.75) is 90.5 Å². The minimum atomic E-state index is -4.32. The highest BCUT2D eigenvalue weighted by atomic mass is 19.4. The lowest BCUT2D eigenvalue weighted by Gasteiger charge is -2.29. The zero-order valence-electron chi connectivity index (χ0n) is 65.5. The number of hydrogen-bond donors (Lipinski definition) is 10. The molecule has 119 heavy (non-hydrogen) atoms. The first kappa shape index (κ1) is 86.0. The maximum atomic E-state index is 12.6. The van der Waals surface area contributed by atoms with Crippen LogP contribution in [0.5, 0.6) is 11.5 Å². The molecule has 6 heterocycles. The standard InChI is InChI=1S/C19H22N2O3.C19H20N2O2.C18H17F3N2O2.C18H20N2O3.C17H16N4O3/c22-19(20-23)16-7-8-17-14-21(11-9-15(17)13-16)10-4-12-24-18-5-2-1-3-6-18;22-19(20-23)17-8-9-18-14-21(12-10-16(18)13-17)11-4-7-15-5-2-1-3-6-15;19-18(20,21)16-5-1-12(2-6-16)10-23-8-7-13-9-14(17(24)22-25)3-4-15(13)11-23;21-18(19-22)15-6-7-16-13-20(9-8-14(16)12-15)10-11-23-17-4-2-1-3-5-17;22-17(18-23)13-2-3-14-10-21(6-5-12(14)8-13)9-11-1-4-15-16(7-11)20-24-19-15/h1-3,5-8,13,23H,4,9-12,14H2,(H,20,22);1-9,13,23H,10-12,14H2,(H,20,22);1-6,9,25H,7-8,10-11H2,(H,22,24);1-7,12,22H,8-11,13H2,(H,19,21);1-4,7-8,23H,5-6,9-10H2,(H,18,22)/b;7-4+;;;. The van der Waals surface area contributed by atoms with Gasteiger partial charge in [-0.05, 0) is 230 Å². The number of hydroxylamine groups is 5. The highest BCUT2D eigenvalue weighted by Gasteiger charge is 2.31. The maximum Gasteiger partial charge on any atom is 0.416 e. The van der Waals surface area contributed by atoms with Crippen LogP contribution in [0, 0.1) is 0 Å². The van der Waals surface area contributed by atoms with Crippen molar-refractivity contribution in [1.82, 2.24) is 62.2 Å². The highest BCUT2D eigenvalue weighted by molar-refractivity contribution is 5.96. The average Bonchev–Trinajstić information content (AvgIpc) is 1.38. The normalized spacial score (nSPS) is 14.5. The lowest BCUT2D eigenvalue weighted by atomic mass is 9.96. The zero-order valence-corrected chi connectivity index (χ0v) is 65.5. The van der Waals surface area contributed by atoms with Gasteiger partial charge in [-0.15, -0.1) is 0 Å². The number of benzene rings is 10. The average molecular weight is 1620 g/mol. The smallest absolute Gasteiger partial charge is 0.416 e. The van der Waals surface area contributed by atoms with Gasteiger partial charge in [0.25, 0.3) is 29.5 Å². The summed E-state index contributed by atoms with van der Waals surface area (Å²) in [7, 11) is 0. The van der Waals surface area contributed by atoms with Gasteiger partial charge >= 0.3 is 6.18 Å². The Morgan fingerprint density at radius 2 is 0.731 bits per heavy atom. The van der Waals surface area contributed by atoms with Gasteiger partial charge in [0.15, 0.2) is 0 Å². The number of carbonyl (C=O) groups is 5. The number of carbonyl (C=O) groups excluding carboxylic acids is 5. The molecule has 5 amide bonds. The number of nitrogens with zero attached hydrogens (tertiary/aromatic N) is 7. The van der Waals surface area contributed by atoms with E-state index in [-0.39, 0.29) is 0 Å². The van der Waals surface area contributed by atoms with Crippen LogP contribution in [0.15, 0.2) is 235 Å². The molecule has 5 aliphatic heterocycles. The molecule has 11 aromatic rings. The van der Waals surface area contributed by atoms with E-state index in [1.165, 1.54) is 56.6 Å². The lowest BCUT2D eigenvalue weighted by molar-refractivity contribution is -0.137. The Kier molecular flexibility index (Phi) is 30.9. The minimum absolute atomic E-state index is 0.400. The van der Waals surface area contributed by atoms with Crippen LogP contribution in [0.3, 0.4) is 0 Å². The summed E-state index contributed by atoms with van der Waals surface area (Å²) in [6.07, 6.45) is 5.34. The summed E-state index contributed by atoms with van der Waals surface area (Å²) < 4.78 is 54.0. The summed E-state index contributed by atoms with van der Waals surface area (Å²) in [5.74, 6) is -0.601. The van der Waals surface area contributed by atoms with Crippen LogP contribution < -0.4 is 36.9 Å². The van der Waals surface area contributed by atoms with Crippen molar-refractivity contribution in [3.63, 3.8) is 0 Å². The van der Waals surface area contributed by atoms with E-state index in [0.717, 1.165) is 186 Å². The van der Waals surface area contributed by atoms with Crippen molar-refractivity contribution >= 4 is 46.6 Å². The Hall–Kier alpha value is -12.3. The number of para-hydroxylation sites is 2. The Morgan fingerprint density at radius 3 is 1.15 bits per heavy atom. The molecule has 618 valence electrons. The second-order valence-electron chi connectivity index (χ2n) is 29.4. The Bertz CT molecular complexity index is 5260. The fourth-order valence-corrected chi connectivity index (χ4v) is 14.8. The molecule has 0 saturated carbocycles. The number of aromatic nitrogens is 2. The number of rotatable bonds is 21.